The number of aromatic nitrogens is 3. The Balaban J connectivity index is 1.68. The van der Waals surface area contributed by atoms with Gasteiger partial charge in [-0.2, -0.15) is 0 Å². The molecule has 0 aliphatic heterocycles. The quantitative estimate of drug-likeness (QED) is 0.593. The first-order valence-corrected chi connectivity index (χ1v) is 8.17. The second-order valence-corrected chi connectivity index (χ2v) is 6.10. The second-order valence-electron chi connectivity index (χ2n) is 6.10. The number of imidazole rings is 1. The zero-order valence-electron chi connectivity index (χ0n) is 14.2. The minimum absolute atomic E-state index is 0.286. The van der Waals surface area contributed by atoms with Crippen LogP contribution >= 0.6 is 0 Å². The highest BCUT2D eigenvalue weighted by molar-refractivity contribution is 5.98. The summed E-state index contributed by atoms with van der Waals surface area (Å²) < 4.78 is 1.67. The van der Waals surface area contributed by atoms with Gasteiger partial charge in [0.05, 0.1) is 6.20 Å². The smallest absolute Gasteiger partial charge is 0.254 e. The maximum atomic E-state index is 11.5. The van der Waals surface area contributed by atoms with Gasteiger partial charge in [-0.15, -0.1) is 0 Å². The molecule has 6 nitrogen and oxygen atoms in total. The largest absolute Gasteiger partial charge is 0.365 e. The molecule has 4 aromatic rings. The standard InChI is InChI=1S/C20H17N5O/c1-13-4-2-5-14(8-13)15-6-3-7-16(9-15)23-18-11-25-12-22-10-17(19(21)26)20(25)24-18/h2-12,23H,1H3,(H2,21,26). The van der Waals surface area contributed by atoms with Gasteiger partial charge in [-0.1, -0.05) is 42.0 Å². The molecule has 0 aliphatic carbocycles. The molecule has 4 rings (SSSR count). The molecule has 0 unspecified atom stereocenters. The predicted octanol–water partition coefficient (Wildman–Crippen LogP) is 3.55. The van der Waals surface area contributed by atoms with E-state index in [1.54, 1.807) is 16.9 Å². The lowest BCUT2D eigenvalue weighted by Gasteiger charge is -2.07. The third-order valence-electron chi connectivity index (χ3n) is 4.12. The Labute approximate surface area is 150 Å². The first kappa shape index (κ1) is 15.8. The fraction of sp³-hybridized carbons (Fsp3) is 0.0500. The number of anilines is 2. The van der Waals surface area contributed by atoms with E-state index in [9.17, 15) is 4.79 Å². The van der Waals surface area contributed by atoms with Crippen LogP contribution in [-0.2, 0) is 0 Å². The summed E-state index contributed by atoms with van der Waals surface area (Å²) >= 11 is 0. The highest BCUT2D eigenvalue weighted by Crippen LogP contribution is 2.25. The van der Waals surface area contributed by atoms with E-state index in [-0.39, 0.29) is 5.56 Å². The van der Waals surface area contributed by atoms with E-state index in [0.29, 0.717) is 11.5 Å². The fourth-order valence-electron chi connectivity index (χ4n) is 2.90. The monoisotopic (exact) mass is 343 g/mol. The van der Waals surface area contributed by atoms with Crippen LogP contribution in [0.2, 0.25) is 0 Å². The Morgan fingerprint density at radius 3 is 2.65 bits per heavy atom. The van der Waals surface area contributed by atoms with E-state index in [0.717, 1.165) is 16.8 Å². The molecule has 0 saturated heterocycles. The molecule has 1 amide bonds. The molecule has 3 N–H and O–H groups in total. The number of rotatable bonds is 4. The van der Waals surface area contributed by atoms with Gasteiger partial charge in [0.2, 0.25) is 0 Å². The molecular weight excluding hydrogens is 326 g/mol. The minimum Gasteiger partial charge on any atom is -0.365 e. The summed E-state index contributed by atoms with van der Waals surface area (Å²) in [6, 6.07) is 16.4. The van der Waals surface area contributed by atoms with Gasteiger partial charge in [-0.3, -0.25) is 9.20 Å². The molecule has 0 bridgehead atoms. The fourth-order valence-corrected chi connectivity index (χ4v) is 2.90. The van der Waals surface area contributed by atoms with E-state index in [2.05, 4.69) is 52.5 Å². The van der Waals surface area contributed by atoms with Crippen LogP contribution in [0, 0.1) is 6.92 Å². The highest BCUT2D eigenvalue weighted by atomic mass is 16.1. The van der Waals surface area contributed by atoms with Gasteiger partial charge in [0.1, 0.15) is 17.7 Å². The number of nitrogens with one attached hydrogen (secondary N) is 1. The minimum atomic E-state index is -0.554. The molecule has 2 heterocycles. The van der Waals surface area contributed by atoms with Gasteiger partial charge in [0.25, 0.3) is 5.91 Å². The van der Waals surface area contributed by atoms with Crippen LogP contribution < -0.4 is 11.1 Å². The molecule has 0 saturated carbocycles. The Bertz CT molecular complexity index is 1120. The Hall–Kier alpha value is -3.67. The zero-order valence-corrected chi connectivity index (χ0v) is 14.2. The maximum absolute atomic E-state index is 11.5. The van der Waals surface area contributed by atoms with E-state index >= 15 is 0 Å². The van der Waals surface area contributed by atoms with Crippen molar-refractivity contribution < 1.29 is 4.79 Å². The van der Waals surface area contributed by atoms with Crippen molar-refractivity contribution in [2.24, 2.45) is 5.73 Å². The number of fused-ring (bicyclic) bond motifs is 1. The molecule has 0 fully saturated rings. The number of nitrogens with two attached hydrogens (primary N) is 1. The summed E-state index contributed by atoms with van der Waals surface area (Å²) in [5.41, 5.74) is 10.5. The summed E-state index contributed by atoms with van der Waals surface area (Å²) in [6.45, 7) is 2.08. The van der Waals surface area contributed by atoms with Gasteiger partial charge in [-0.25, -0.2) is 9.97 Å². The Morgan fingerprint density at radius 1 is 1.12 bits per heavy atom. The third kappa shape index (κ3) is 3.00. The Morgan fingerprint density at radius 2 is 1.88 bits per heavy atom. The van der Waals surface area contributed by atoms with Crippen molar-refractivity contribution in [3.8, 4) is 11.1 Å². The molecule has 2 aromatic heterocycles. The van der Waals surface area contributed by atoms with Gasteiger partial charge < -0.3 is 11.1 Å². The van der Waals surface area contributed by atoms with Gasteiger partial charge in [-0.05, 0) is 30.2 Å². The molecule has 0 atom stereocenters. The molecule has 128 valence electrons. The average Bonchev–Trinajstić information content (AvgIpc) is 3.04. The SMILES string of the molecule is Cc1cccc(-c2cccc(Nc3cn4cncc(C(N)=O)c4n3)c2)c1. The molecule has 0 radical (unpaired) electrons. The van der Waals surface area contributed by atoms with Crippen molar-refractivity contribution in [3.63, 3.8) is 0 Å². The van der Waals surface area contributed by atoms with Crippen LogP contribution in [0.3, 0.4) is 0 Å². The molecule has 2 aromatic carbocycles. The number of carbonyl (C=O) groups excluding carboxylic acids is 1. The van der Waals surface area contributed by atoms with Crippen LogP contribution in [0.25, 0.3) is 16.8 Å². The Kier molecular flexibility index (Phi) is 3.85. The summed E-state index contributed by atoms with van der Waals surface area (Å²) in [5, 5.41) is 3.27. The lowest BCUT2D eigenvalue weighted by atomic mass is 10.0. The predicted molar refractivity (Wildman–Crippen MR) is 101 cm³/mol. The lowest BCUT2D eigenvalue weighted by molar-refractivity contribution is 0.100. The third-order valence-corrected chi connectivity index (χ3v) is 4.12. The number of amides is 1. The number of hydrogen-bond donors (Lipinski definition) is 2. The first-order valence-electron chi connectivity index (χ1n) is 8.17. The van der Waals surface area contributed by atoms with Crippen molar-refractivity contribution in [3.05, 3.63) is 78.4 Å². The second kappa shape index (κ2) is 6.33. The first-order chi connectivity index (χ1) is 12.6. The van der Waals surface area contributed by atoms with Crippen molar-refractivity contribution in [2.75, 3.05) is 5.32 Å². The number of nitrogens with zero attached hydrogens (tertiary/aromatic N) is 3. The number of benzene rings is 2. The average molecular weight is 343 g/mol. The van der Waals surface area contributed by atoms with Crippen LogP contribution in [-0.4, -0.2) is 20.3 Å². The summed E-state index contributed by atoms with van der Waals surface area (Å²) in [4.78, 5) is 20.0. The van der Waals surface area contributed by atoms with Crippen molar-refractivity contribution in [1.82, 2.24) is 14.4 Å². The van der Waals surface area contributed by atoms with E-state index in [4.69, 9.17) is 5.73 Å². The lowest BCUT2D eigenvalue weighted by Crippen LogP contribution is -2.13. The molecule has 6 heteroatoms. The van der Waals surface area contributed by atoms with Crippen molar-refractivity contribution in [1.29, 1.82) is 0 Å². The number of carbonyl (C=O) groups is 1. The number of hydrogen-bond acceptors (Lipinski definition) is 4. The topological polar surface area (TPSA) is 85.3 Å². The zero-order chi connectivity index (χ0) is 18.1. The summed E-state index contributed by atoms with van der Waals surface area (Å²) in [5.74, 6) is 0.0589. The highest BCUT2D eigenvalue weighted by Gasteiger charge is 2.11. The van der Waals surface area contributed by atoms with Crippen LogP contribution in [0.1, 0.15) is 15.9 Å². The molecule has 0 spiro atoms. The summed E-state index contributed by atoms with van der Waals surface area (Å²) in [6.07, 6.45) is 4.78. The van der Waals surface area contributed by atoms with Gasteiger partial charge >= 0.3 is 0 Å². The van der Waals surface area contributed by atoms with Crippen LogP contribution in [0.5, 0.6) is 0 Å². The van der Waals surface area contributed by atoms with E-state index < -0.39 is 5.91 Å². The van der Waals surface area contributed by atoms with Gasteiger partial charge in [0.15, 0.2) is 5.65 Å². The van der Waals surface area contributed by atoms with Crippen LogP contribution in [0.4, 0.5) is 11.5 Å². The van der Waals surface area contributed by atoms with Crippen LogP contribution in [0.15, 0.2) is 67.3 Å². The number of primary amides is 1. The normalized spacial score (nSPS) is 10.8. The number of aryl methyl sites for hydroxylation is 1. The van der Waals surface area contributed by atoms with Gasteiger partial charge in [0, 0.05) is 11.9 Å². The van der Waals surface area contributed by atoms with Crippen molar-refractivity contribution in [2.45, 2.75) is 6.92 Å². The van der Waals surface area contributed by atoms with Crippen molar-refractivity contribution >= 4 is 23.1 Å². The molecule has 0 aliphatic rings. The maximum Gasteiger partial charge on any atom is 0.254 e. The molecule has 26 heavy (non-hydrogen) atoms. The summed E-state index contributed by atoms with van der Waals surface area (Å²) in [7, 11) is 0. The van der Waals surface area contributed by atoms with E-state index in [1.165, 1.54) is 11.8 Å². The van der Waals surface area contributed by atoms with E-state index in [1.807, 2.05) is 18.2 Å². The molecular formula is C20H17N5O.